The molecule has 0 radical (unpaired) electrons. The molecule has 3 rings (SSSR count). The van der Waals surface area contributed by atoms with Crippen LogP contribution in [0.2, 0.25) is 0 Å². The number of nitrogens with zero attached hydrogens (tertiary/aromatic N) is 4. The number of carbonyl (C=O) groups excluding carboxylic acids is 1. The molecule has 130 valence electrons. The maximum absolute atomic E-state index is 12.3. The molecule has 0 spiro atoms. The van der Waals surface area contributed by atoms with Gasteiger partial charge in [0.15, 0.2) is 11.5 Å². The minimum atomic E-state index is -0.375. The Bertz CT molecular complexity index is 896. The average Bonchev–Trinajstić information content (AvgIpc) is 3.20. The van der Waals surface area contributed by atoms with Crippen molar-refractivity contribution < 1.29 is 18.7 Å². The zero-order chi connectivity index (χ0) is 18.0. The zero-order valence-corrected chi connectivity index (χ0v) is 14.2. The maximum Gasteiger partial charge on any atom is 0.322 e. The molecule has 0 aliphatic carbocycles. The van der Waals surface area contributed by atoms with Gasteiger partial charge < -0.3 is 13.9 Å². The molecule has 3 aromatic rings. The van der Waals surface area contributed by atoms with Crippen molar-refractivity contribution in [3.8, 4) is 23.0 Å². The standard InChI is InChI=1S/C16H17N5O4/c1-9-8-17-21(2)13(9)14(22)18-16-20-19-15(25-16)10-5-6-11(23-3)12(7-10)24-4/h5-8H,1-4H3,(H,18,20,22). The van der Waals surface area contributed by atoms with Gasteiger partial charge in [-0.15, -0.1) is 5.10 Å². The second-order valence-corrected chi connectivity index (χ2v) is 5.24. The van der Waals surface area contributed by atoms with Gasteiger partial charge in [0.05, 0.1) is 20.4 Å². The van der Waals surface area contributed by atoms with Crippen LogP contribution in [0.3, 0.4) is 0 Å². The molecule has 0 bridgehead atoms. The lowest BCUT2D eigenvalue weighted by molar-refractivity contribution is 0.101. The van der Waals surface area contributed by atoms with Crippen molar-refractivity contribution >= 4 is 11.9 Å². The second-order valence-electron chi connectivity index (χ2n) is 5.24. The predicted molar refractivity (Wildman–Crippen MR) is 88.7 cm³/mol. The Balaban J connectivity index is 1.82. The molecule has 0 saturated heterocycles. The maximum atomic E-state index is 12.3. The summed E-state index contributed by atoms with van der Waals surface area (Å²) in [6, 6.07) is 5.19. The van der Waals surface area contributed by atoms with Crippen LogP contribution >= 0.6 is 0 Å². The number of anilines is 1. The number of rotatable bonds is 5. The summed E-state index contributed by atoms with van der Waals surface area (Å²) in [6.45, 7) is 1.80. The lowest BCUT2D eigenvalue weighted by Gasteiger charge is -2.07. The van der Waals surface area contributed by atoms with Gasteiger partial charge in [0.1, 0.15) is 5.69 Å². The normalized spacial score (nSPS) is 10.6. The highest BCUT2D eigenvalue weighted by molar-refractivity contribution is 6.02. The first kappa shape index (κ1) is 16.5. The molecule has 2 heterocycles. The summed E-state index contributed by atoms with van der Waals surface area (Å²) in [5.41, 5.74) is 1.81. The Kier molecular flexibility index (Phi) is 4.38. The first-order valence-electron chi connectivity index (χ1n) is 7.39. The molecule has 9 heteroatoms. The molecule has 25 heavy (non-hydrogen) atoms. The molecule has 0 fully saturated rings. The Morgan fingerprint density at radius 2 is 1.96 bits per heavy atom. The van der Waals surface area contributed by atoms with E-state index in [4.69, 9.17) is 13.9 Å². The van der Waals surface area contributed by atoms with E-state index in [1.165, 1.54) is 11.8 Å². The quantitative estimate of drug-likeness (QED) is 0.756. The Labute approximate surface area is 143 Å². The molecule has 0 saturated carbocycles. The highest BCUT2D eigenvalue weighted by Crippen LogP contribution is 2.32. The van der Waals surface area contributed by atoms with E-state index in [0.29, 0.717) is 22.8 Å². The molecule has 0 atom stereocenters. The number of hydrogen-bond acceptors (Lipinski definition) is 7. The molecule has 1 aromatic carbocycles. The van der Waals surface area contributed by atoms with E-state index in [1.54, 1.807) is 45.5 Å². The van der Waals surface area contributed by atoms with Crippen molar-refractivity contribution in [1.82, 2.24) is 20.0 Å². The van der Waals surface area contributed by atoms with Crippen molar-refractivity contribution in [3.63, 3.8) is 0 Å². The summed E-state index contributed by atoms with van der Waals surface area (Å²) in [7, 11) is 4.78. The fraction of sp³-hybridized carbons (Fsp3) is 0.250. The van der Waals surface area contributed by atoms with Gasteiger partial charge in [-0.05, 0) is 30.7 Å². The van der Waals surface area contributed by atoms with Crippen LogP contribution in [0, 0.1) is 6.92 Å². The average molecular weight is 343 g/mol. The number of methoxy groups -OCH3 is 2. The van der Waals surface area contributed by atoms with Crippen LogP contribution < -0.4 is 14.8 Å². The van der Waals surface area contributed by atoms with Crippen molar-refractivity contribution in [2.45, 2.75) is 6.92 Å². The van der Waals surface area contributed by atoms with E-state index < -0.39 is 0 Å². The summed E-state index contributed by atoms with van der Waals surface area (Å²) in [5.74, 6) is 0.998. The number of nitrogens with one attached hydrogen (secondary N) is 1. The zero-order valence-electron chi connectivity index (χ0n) is 14.2. The summed E-state index contributed by atoms with van der Waals surface area (Å²) in [5, 5.41) is 14.4. The van der Waals surface area contributed by atoms with Crippen LogP contribution in [0.1, 0.15) is 16.1 Å². The third-order valence-electron chi connectivity index (χ3n) is 3.61. The van der Waals surface area contributed by atoms with Crippen LogP contribution in [0.5, 0.6) is 11.5 Å². The first-order valence-corrected chi connectivity index (χ1v) is 7.39. The topological polar surface area (TPSA) is 104 Å². The molecular weight excluding hydrogens is 326 g/mol. The fourth-order valence-electron chi connectivity index (χ4n) is 2.39. The van der Waals surface area contributed by atoms with Crippen LogP contribution in [-0.2, 0) is 7.05 Å². The number of aromatic nitrogens is 4. The molecule has 1 N–H and O–H groups in total. The van der Waals surface area contributed by atoms with Crippen molar-refractivity contribution in [1.29, 1.82) is 0 Å². The number of aryl methyl sites for hydroxylation is 2. The third-order valence-corrected chi connectivity index (χ3v) is 3.61. The molecule has 0 aliphatic heterocycles. The van der Waals surface area contributed by atoms with E-state index in [0.717, 1.165) is 5.56 Å². The molecule has 9 nitrogen and oxygen atoms in total. The van der Waals surface area contributed by atoms with E-state index in [9.17, 15) is 4.79 Å². The molecule has 0 aliphatic rings. The molecule has 0 unspecified atom stereocenters. The number of amides is 1. The molecule has 2 aromatic heterocycles. The lowest BCUT2D eigenvalue weighted by atomic mass is 10.2. The van der Waals surface area contributed by atoms with E-state index in [-0.39, 0.29) is 17.8 Å². The SMILES string of the molecule is COc1ccc(-c2nnc(NC(=O)c3c(C)cnn3C)o2)cc1OC. The van der Waals surface area contributed by atoms with Crippen molar-refractivity contribution in [2.24, 2.45) is 7.05 Å². The van der Waals surface area contributed by atoms with Crippen molar-refractivity contribution in [2.75, 3.05) is 19.5 Å². The van der Waals surface area contributed by atoms with Crippen molar-refractivity contribution in [3.05, 3.63) is 35.7 Å². The first-order chi connectivity index (χ1) is 12.0. The van der Waals surface area contributed by atoms with Gasteiger partial charge in [-0.25, -0.2) is 0 Å². The largest absolute Gasteiger partial charge is 0.493 e. The Morgan fingerprint density at radius 1 is 1.20 bits per heavy atom. The van der Waals surface area contributed by atoms with Gasteiger partial charge in [0.25, 0.3) is 5.91 Å². The lowest BCUT2D eigenvalue weighted by Crippen LogP contribution is -2.17. The number of benzene rings is 1. The number of ether oxygens (including phenoxy) is 2. The molecular formula is C16H17N5O4. The van der Waals surface area contributed by atoms with Gasteiger partial charge in [-0.1, -0.05) is 5.10 Å². The minimum absolute atomic E-state index is 0.00427. The number of carbonyl (C=O) groups is 1. The van der Waals surface area contributed by atoms with Crippen LogP contribution in [0.15, 0.2) is 28.8 Å². The van der Waals surface area contributed by atoms with Crippen LogP contribution in [-0.4, -0.2) is 40.1 Å². The predicted octanol–water partition coefficient (Wildman–Crippen LogP) is 2.05. The van der Waals surface area contributed by atoms with Gasteiger partial charge in [-0.2, -0.15) is 5.10 Å². The Hall–Kier alpha value is -3.36. The van der Waals surface area contributed by atoms with E-state index in [1.807, 2.05) is 0 Å². The molecule has 1 amide bonds. The van der Waals surface area contributed by atoms with E-state index >= 15 is 0 Å². The van der Waals surface area contributed by atoms with Gasteiger partial charge in [0, 0.05) is 12.6 Å². The highest BCUT2D eigenvalue weighted by Gasteiger charge is 2.18. The Morgan fingerprint density at radius 3 is 2.60 bits per heavy atom. The summed E-state index contributed by atoms with van der Waals surface area (Å²) in [6.07, 6.45) is 1.61. The highest BCUT2D eigenvalue weighted by atomic mass is 16.5. The summed E-state index contributed by atoms with van der Waals surface area (Å²) >= 11 is 0. The monoisotopic (exact) mass is 343 g/mol. The summed E-state index contributed by atoms with van der Waals surface area (Å²) < 4.78 is 17.4. The smallest absolute Gasteiger partial charge is 0.322 e. The summed E-state index contributed by atoms with van der Waals surface area (Å²) in [4.78, 5) is 12.3. The van der Waals surface area contributed by atoms with Gasteiger partial charge in [0.2, 0.25) is 5.89 Å². The van der Waals surface area contributed by atoms with Gasteiger partial charge >= 0.3 is 6.01 Å². The minimum Gasteiger partial charge on any atom is -0.493 e. The van der Waals surface area contributed by atoms with Crippen LogP contribution in [0.25, 0.3) is 11.5 Å². The second kappa shape index (κ2) is 6.63. The third kappa shape index (κ3) is 3.16. The van der Waals surface area contributed by atoms with Crippen LogP contribution in [0.4, 0.5) is 6.01 Å². The number of hydrogen-bond donors (Lipinski definition) is 1. The van der Waals surface area contributed by atoms with E-state index in [2.05, 4.69) is 20.6 Å². The van der Waals surface area contributed by atoms with Gasteiger partial charge in [-0.3, -0.25) is 14.8 Å². The fourth-order valence-corrected chi connectivity index (χ4v) is 2.39.